The van der Waals surface area contributed by atoms with E-state index in [1.807, 2.05) is 11.3 Å². The highest BCUT2D eigenvalue weighted by atomic mass is 32.1. The second kappa shape index (κ2) is 4.15. The Kier molecular flexibility index (Phi) is 3.15. The van der Waals surface area contributed by atoms with Gasteiger partial charge in [0.1, 0.15) is 0 Å². The van der Waals surface area contributed by atoms with E-state index in [2.05, 4.69) is 33.8 Å². The van der Waals surface area contributed by atoms with Gasteiger partial charge < -0.3 is 5.73 Å². The fourth-order valence-corrected chi connectivity index (χ4v) is 3.68. The van der Waals surface area contributed by atoms with Crippen molar-refractivity contribution in [1.82, 2.24) is 0 Å². The molecule has 1 nitrogen and oxygen atoms in total. The summed E-state index contributed by atoms with van der Waals surface area (Å²) in [6.07, 6.45) is 3.85. The molecule has 1 aromatic rings. The number of nitrogens with two attached hydrogens (primary N) is 1. The van der Waals surface area contributed by atoms with Gasteiger partial charge in [-0.3, -0.25) is 0 Å². The van der Waals surface area contributed by atoms with E-state index >= 15 is 0 Å². The topological polar surface area (TPSA) is 26.0 Å². The van der Waals surface area contributed by atoms with Crippen molar-refractivity contribution >= 4 is 11.3 Å². The zero-order valence-electron chi connectivity index (χ0n) is 10.8. The molecule has 1 aromatic heterocycles. The molecule has 1 aliphatic rings. The maximum atomic E-state index is 5.96. The summed E-state index contributed by atoms with van der Waals surface area (Å²) in [6, 6.07) is 2.55. The van der Waals surface area contributed by atoms with Crippen LogP contribution in [0, 0.1) is 11.3 Å². The Labute approximate surface area is 103 Å². The van der Waals surface area contributed by atoms with Crippen LogP contribution in [-0.4, -0.2) is 0 Å². The van der Waals surface area contributed by atoms with Gasteiger partial charge in [-0.05, 0) is 49.1 Å². The molecule has 0 saturated heterocycles. The summed E-state index contributed by atoms with van der Waals surface area (Å²) in [5.41, 5.74) is 7.97. The average Bonchev–Trinajstić information content (AvgIpc) is 2.58. The fraction of sp³-hybridized carbons (Fsp3) is 0.714. The van der Waals surface area contributed by atoms with Gasteiger partial charge in [0.15, 0.2) is 0 Å². The fourth-order valence-electron chi connectivity index (χ4n) is 2.51. The Morgan fingerprint density at radius 3 is 2.69 bits per heavy atom. The van der Waals surface area contributed by atoms with Gasteiger partial charge in [-0.25, -0.2) is 0 Å². The lowest BCUT2D eigenvalue weighted by Crippen LogP contribution is -2.26. The minimum absolute atomic E-state index is 0.198. The summed E-state index contributed by atoms with van der Waals surface area (Å²) < 4.78 is 0. The van der Waals surface area contributed by atoms with Crippen LogP contribution < -0.4 is 5.73 Å². The van der Waals surface area contributed by atoms with Gasteiger partial charge in [-0.2, -0.15) is 0 Å². The second-order valence-electron chi connectivity index (χ2n) is 6.19. The molecule has 90 valence electrons. The molecule has 0 spiro atoms. The quantitative estimate of drug-likeness (QED) is 0.787. The van der Waals surface area contributed by atoms with E-state index in [0.29, 0.717) is 5.41 Å². The molecule has 2 heteroatoms. The predicted molar refractivity (Wildman–Crippen MR) is 71.9 cm³/mol. The summed E-state index contributed by atoms with van der Waals surface area (Å²) in [6.45, 7) is 9.17. The van der Waals surface area contributed by atoms with E-state index in [9.17, 15) is 0 Å². The Hall–Kier alpha value is -0.340. The highest BCUT2D eigenvalue weighted by Gasteiger charge is 2.29. The van der Waals surface area contributed by atoms with Crippen LogP contribution in [0.15, 0.2) is 6.07 Å². The molecular weight excluding hydrogens is 214 g/mol. The summed E-state index contributed by atoms with van der Waals surface area (Å²) in [4.78, 5) is 2.95. The van der Waals surface area contributed by atoms with Gasteiger partial charge in [-0.1, -0.05) is 20.8 Å². The van der Waals surface area contributed by atoms with E-state index in [1.54, 1.807) is 10.4 Å². The third-order valence-electron chi connectivity index (χ3n) is 3.78. The SMILES string of the molecule is C[C@H](N)c1cc2c(s1)CCC(C(C)(C)C)C2. The number of hydrogen-bond acceptors (Lipinski definition) is 2. The molecule has 0 saturated carbocycles. The van der Waals surface area contributed by atoms with Crippen molar-refractivity contribution in [2.45, 2.75) is 53.0 Å². The Bertz CT molecular complexity index is 371. The lowest BCUT2D eigenvalue weighted by molar-refractivity contribution is 0.217. The van der Waals surface area contributed by atoms with E-state index < -0.39 is 0 Å². The first-order valence-electron chi connectivity index (χ1n) is 6.25. The van der Waals surface area contributed by atoms with E-state index in [-0.39, 0.29) is 6.04 Å². The summed E-state index contributed by atoms with van der Waals surface area (Å²) >= 11 is 1.93. The van der Waals surface area contributed by atoms with Gasteiger partial charge in [-0.15, -0.1) is 11.3 Å². The first-order valence-corrected chi connectivity index (χ1v) is 7.06. The molecule has 0 bridgehead atoms. The molecule has 0 amide bonds. The van der Waals surface area contributed by atoms with Crippen molar-refractivity contribution in [2.24, 2.45) is 17.1 Å². The number of aryl methyl sites for hydroxylation is 1. The van der Waals surface area contributed by atoms with E-state index in [0.717, 1.165) is 5.92 Å². The first-order chi connectivity index (χ1) is 7.38. The van der Waals surface area contributed by atoms with Crippen LogP contribution in [0.25, 0.3) is 0 Å². The Morgan fingerprint density at radius 1 is 1.44 bits per heavy atom. The van der Waals surface area contributed by atoms with Gasteiger partial charge in [0, 0.05) is 15.8 Å². The van der Waals surface area contributed by atoms with E-state index in [1.165, 1.54) is 24.1 Å². The molecule has 2 atom stereocenters. The third kappa shape index (κ3) is 2.33. The summed E-state index contributed by atoms with van der Waals surface area (Å²) in [5.74, 6) is 0.829. The van der Waals surface area contributed by atoms with Gasteiger partial charge in [0.2, 0.25) is 0 Å². The lowest BCUT2D eigenvalue weighted by Gasteiger charge is -2.33. The molecule has 16 heavy (non-hydrogen) atoms. The normalized spacial score (nSPS) is 22.9. The molecule has 0 fully saturated rings. The van der Waals surface area contributed by atoms with Crippen molar-refractivity contribution in [1.29, 1.82) is 0 Å². The minimum Gasteiger partial charge on any atom is -0.324 e. The van der Waals surface area contributed by atoms with Gasteiger partial charge in [0.25, 0.3) is 0 Å². The lowest BCUT2D eigenvalue weighted by atomic mass is 9.72. The van der Waals surface area contributed by atoms with Crippen LogP contribution in [0.3, 0.4) is 0 Å². The van der Waals surface area contributed by atoms with Crippen molar-refractivity contribution in [2.75, 3.05) is 0 Å². The molecule has 2 N–H and O–H groups in total. The minimum atomic E-state index is 0.198. The largest absolute Gasteiger partial charge is 0.324 e. The molecule has 2 rings (SSSR count). The molecule has 1 heterocycles. The zero-order chi connectivity index (χ0) is 11.9. The Morgan fingerprint density at radius 2 is 2.12 bits per heavy atom. The third-order valence-corrected chi connectivity index (χ3v) is 5.21. The van der Waals surface area contributed by atoms with Crippen LogP contribution in [0.5, 0.6) is 0 Å². The monoisotopic (exact) mass is 237 g/mol. The van der Waals surface area contributed by atoms with Crippen molar-refractivity contribution < 1.29 is 0 Å². The number of rotatable bonds is 1. The van der Waals surface area contributed by atoms with Crippen LogP contribution >= 0.6 is 11.3 Å². The number of fused-ring (bicyclic) bond motifs is 1. The molecule has 1 aliphatic carbocycles. The number of hydrogen-bond donors (Lipinski definition) is 1. The van der Waals surface area contributed by atoms with Crippen LogP contribution in [0.2, 0.25) is 0 Å². The molecular formula is C14H23NS. The standard InChI is InChI=1S/C14H23NS/c1-9(15)13-8-10-7-11(14(2,3)4)5-6-12(10)16-13/h8-9,11H,5-7,15H2,1-4H3/t9-,11?/m0/s1. The second-order valence-corrected chi connectivity index (χ2v) is 7.36. The van der Waals surface area contributed by atoms with E-state index in [4.69, 9.17) is 5.73 Å². The first kappa shape index (κ1) is 12.1. The van der Waals surface area contributed by atoms with Crippen LogP contribution in [-0.2, 0) is 12.8 Å². The maximum absolute atomic E-state index is 5.96. The highest BCUT2D eigenvalue weighted by molar-refractivity contribution is 7.12. The molecule has 1 unspecified atom stereocenters. The molecule has 0 aliphatic heterocycles. The summed E-state index contributed by atoms with van der Waals surface area (Å²) in [5, 5.41) is 0. The maximum Gasteiger partial charge on any atom is 0.0361 e. The van der Waals surface area contributed by atoms with Gasteiger partial charge >= 0.3 is 0 Å². The van der Waals surface area contributed by atoms with Crippen LogP contribution in [0.1, 0.15) is 55.5 Å². The van der Waals surface area contributed by atoms with Gasteiger partial charge in [0.05, 0.1) is 0 Å². The van der Waals surface area contributed by atoms with Crippen LogP contribution in [0.4, 0.5) is 0 Å². The molecule has 0 aromatic carbocycles. The molecule has 0 radical (unpaired) electrons. The Balaban J connectivity index is 2.21. The average molecular weight is 237 g/mol. The van der Waals surface area contributed by atoms with Crippen molar-refractivity contribution in [3.8, 4) is 0 Å². The number of thiophene rings is 1. The van der Waals surface area contributed by atoms with Crippen molar-refractivity contribution in [3.63, 3.8) is 0 Å². The predicted octanol–water partition coefficient (Wildman–Crippen LogP) is 3.92. The smallest absolute Gasteiger partial charge is 0.0361 e. The zero-order valence-corrected chi connectivity index (χ0v) is 11.7. The van der Waals surface area contributed by atoms with Crippen molar-refractivity contribution in [3.05, 3.63) is 21.4 Å². The summed E-state index contributed by atoms with van der Waals surface area (Å²) in [7, 11) is 0. The highest BCUT2D eigenvalue weighted by Crippen LogP contribution is 2.40.